The van der Waals surface area contributed by atoms with Gasteiger partial charge in [0, 0.05) is 12.6 Å². The lowest BCUT2D eigenvalue weighted by Crippen LogP contribution is -2.24. The Morgan fingerprint density at radius 2 is 1.81 bits per heavy atom. The first kappa shape index (κ1) is 20.2. The topological polar surface area (TPSA) is 63.1 Å². The molecule has 2 aromatic rings. The molecular weight excluding hydrogens is 353 g/mol. The second-order valence-electron chi connectivity index (χ2n) is 6.16. The first-order valence-corrected chi connectivity index (χ1v) is 9.99. The zero-order chi connectivity index (χ0) is 19.4. The fourth-order valence-electron chi connectivity index (χ4n) is 2.45. The van der Waals surface area contributed by atoms with E-state index in [-0.39, 0.29) is 16.5 Å². The average Bonchev–Trinajstić information content (AvgIpc) is 3.45. The molecule has 0 spiro atoms. The zero-order valence-corrected chi connectivity index (χ0v) is 16.7. The normalized spacial score (nSPS) is 14.2. The zero-order valence-electron chi connectivity index (χ0n) is 15.9. The van der Waals surface area contributed by atoms with Crippen LogP contribution in [0.1, 0.15) is 37.8 Å². The fraction of sp³-hybridized carbons (Fsp3) is 0.421. The summed E-state index contributed by atoms with van der Waals surface area (Å²) in [6.45, 7) is 7.50. The van der Waals surface area contributed by atoms with Crippen molar-refractivity contribution in [2.45, 2.75) is 45.8 Å². The third-order valence-corrected chi connectivity index (χ3v) is 5.51. The molecule has 1 aliphatic rings. The largest absolute Gasteiger partial charge is 0.337 e. The molecule has 5 nitrogen and oxygen atoms in total. The third kappa shape index (κ3) is 4.52. The molecule has 0 radical (unpaired) electrons. The van der Waals surface area contributed by atoms with Crippen LogP contribution in [0.4, 0.5) is 21.6 Å². The molecule has 142 valence electrons. The second kappa shape index (κ2) is 8.49. The molecule has 1 fully saturated rings. The van der Waals surface area contributed by atoms with E-state index in [2.05, 4.69) is 10.0 Å². The maximum absolute atomic E-state index is 14.1. The van der Waals surface area contributed by atoms with Crippen LogP contribution in [0.5, 0.6) is 0 Å². The number of hydrogen-bond donors (Lipinski definition) is 2. The predicted molar refractivity (Wildman–Crippen MR) is 107 cm³/mol. The minimum absolute atomic E-state index is 0.145. The Balaban J connectivity index is 0.00000117. The Labute approximate surface area is 156 Å². The van der Waals surface area contributed by atoms with Crippen molar-refractivity contribution < 1.29 is 8.60 Å². The van der Waals surface area contributed by atoms with Gasteiger partial charge in [-0.05, 0) is 50.5 Å². The van der Waals surface area contributed by atoms with Gasteiger partial charge in [0.05, 0.1) is 16.6 Å². The summed E-state index contributed by atoms with van der Waals surface area (Å²) < 4.78 is 30.7. The molecule has 1 atom stereocenters. The summed E-state index contributed by atoms with van der Waals surface area (Å²) in [6.07, 6.45) is 1.86. The summed E-state index contributed by atoms with van der Waals surface area (Å²) in [5.74, 6) is -0.0142. The quantitative estimate of drug-likeness (QED) is 0.820. The molecule has 1 aromatic carbocycles. The van der Waals surface area contributed by atoms with E-state index in [1.807, 2.05) is 13.8 Å². The minimum Gasteiger partial charge on any atom is -0.337 e. The molecule has 1 unspecified atom stereocenters. The average molecular weight is 380 g/mol. The summed E-state index contributed by atoms with van der Waals surface area (Å²) in [5, 5.41) is 3.10. The van der Waals surface area contributed by atoms with Gasteiger partial charge in [-0.15, -0.1) is 0 Å². The van der Waals surface area contributed by atoms with Crippen molar-refractivity contribution in [2.24, 2.45) is 7.05 Å². The molecule has 1 aliphatic carbocycles. The van der Waals surface area contributed by atoms with E-state index < -0.39 is 16.8 Å². The summed E-state index contributed by atoms with van der Waals surface area (Å²) in [7, 11) is 0.395. The van der Waals surface area contributed by atoms with Crippen LogP contribution in [0.3, 0.4) is 0 Å². The van der Waals surface area contributed by atoms with Crippen molar-refractivity contribution >= 4 is 28.2 Å². The molecule has 0 bridgehead atoms. The van der Waals surface area contributed by atoms with Crippen LogP contribution in [0.25, 0.3) is 0 Å². The van der Waals surface area contributed by atoms with Gasteiger partial charge in [-0.1, -0.05) is 19.9 Å². The molecule has 0 aliphatic heterocycles. The molecule has 1 saturated carbocycles. The Kier molecular flexibility index (Phi) is 6.58. The van der Waals surface area contributed by atoms with Crippen LogP contribution in [-0.2, 0) is 18.0 Å². The molecule has 1 aromatic heterocycles. The van der Waals surface area contributed by atoms with E-state index in [1.54, 1.807) is 39.1 Å². The lowest BCUT2D eigenvalue weighted by atomic mass is 10.2. The maximum Gasteiger partial charge on any atom is 0.254 e. The molecule has 0 amide bonds. The van der Waals surface area contributed by atoms with Gasteiger partial charge >= 0.3 is 0 Å². The van der Waals surface area contributed by atoms with Gasteiger partial charge in [0.25, 0.3) is 5.56 Å². The molecular formula is C19H26FN3O2S. The van der Waals surface area contributed by atoms with Crippen LogP contribution in [0.15, 0.2) is 29.1 Å². The molecule has 7 heteroatoms. The Morgan fingerprint density at radius 3 is 2.38 bits per heavy atom. The lowest BCUT2D eigenvalue weighted by molar-refractivity contribution is 0.630. The lowest BCUT2D eigenvalue weighted by Gasteiger charge is -2.18. The third-order valence-electron chi connectivity index (χ3n) is 4.01. The van der Waals surface area contributed by atoms with Gasteiger partial charge in [0.15, 0.2) is 0 Å². The van der Waals surface area contributed by atoms with E-state index in [9.17, 15) is 13.4 Å². The maximum atomic E-state index is 14.1. The van der Waals surface area contributed by atoms with Crippen LogP contribution < -0.4 is 15.6 Å². The van der Waals surface area contributed by atoms with Crippen LogP contribution >= 0.6 is 0 Å². The Bertz CT molecular complexity index is 876. The number of nitrogens with zero attached hydrogens (tertiary/aromatic N) is 1. The number of pyridine rings is 1. The van der Waals surface area contributed by atoms with E-state index in [4.69, 9.17) is 0 Å². The summed E-state index contributed by atoms with van der Waals surface area (Å²) >= 11 is 0. The van der Waals surface area contributed by atoms with Gasteiger partial charge in [0.1, 0.15) is 22.6 Å². The van der Waals surface area contributed by atoms with Crippen LogP contribution in [-0.4, -0.2) is 14.0 Å². The van der Waals surface area contributed by atoms with Crippen molar-refractivity contribution in [3.8, 4) is 0 Å². The summed E-state index contributed by atoms with van der Waals surface area (Å²) in [5.41, 5.74) is 1.94. The van der Waals surface area contributed by atoms with Crippen molar-refractivity contribution in [3.05, 3.63) is 51.6 Å². The number of nitrogens with one attached hydrogen (secondary N) is 2. The van der Waals surface area contributed by atoms with Crippen LogP contribution in [0.2, 0.25) is 0 Å². The van der Waals surface area contributed by atoms with Gasteiger partial charge in [0.2, 0.25) is 0 Å². The van der Waals surface area contributed by atoms with Gasteiger partial charge < -0.3 is 10.0 Å². The predicted octanol–water partition coefficient (Wildman–Crippen LogP) is 4.15. The summed E-state index contributed by atoms with van der Waals surface area (Å²) in [6, 6.07) is 6.48. The van der Waals surface area contributed by atoms with E-state index in [0.717, 1.165) is 18.4 Å². The van der Waals surface area contributed by atoms with Gasteiger partial charge in [-0.3, -0.25) is 9.36 Å². The minimum atomic E-state index is -1.21. The Morgan fingerprint density at radius 1 is 1.15 bits per heavy atom. The fourth-order valence-corrected chi connectivity index (χ4v) is 3.55. The van der Waals surface area contributed by atoms with E-state index >= 15 is 0 Å². The highest BCUT2D eigenvalue weighted by Gasteiger charge is 2.29. The van der Waals surface area contributed by atoms with Crippen molar-refractivity contribution in [2.75, 3.05) is 10.0 Å². The highest BCUT2D eigenvalue weighted by atomic mass is 32.2. The number of halogens is 1. The van der Waals surface area contributed by atoms with E-state index in [1.165, 1.54) is 10.6 Å². The number of rotatable bonds is 5. The SMILES string of the molecule is CC.Cc1ccc(Nc2c(NS(=O)C3CC3)cc(C)c(=O)n2C)c(F)c1. The second-order valence-corrected chi connectivity index (χ2v) is 7.63. The summed E-state index contributed by atoms with van der Waals surface area (Å²) in [4.78, 5) is 12.2. The first-order valence-electron chi connectivity index (χ1n) is 8.78. The highest BCUT2D eigenvalue weighted by Crippen LogP contribution is 2.31. The monoisotopic (exact) mass is 379 g/mol. The van der Waals surface area contributed by atoms with Crippen molar-refractivity contribution in [1.82, 2.24) is 4.57 Å². The van der Waals surface area contributed by atoms with Crippen LogP contribution in [0, 0.1) is 19.7 Å². The van der Waals surface area contributed by atoms with Gasteiger partial charge in [-0.25, -0.2) is 8.60 Å². The smallest absolute Gasteiger partial charge is 0.254 e. The Hall–Kier alpha value is -2.15. The highest BCUT2D eigenvalue weighted by molar-refractivity contribution is 7.87. The number of aromatic nitrogens is 1. The molecule has 3 rings (SSSR count). The molecule has 2 N–H and O–H groups in total. The van der Waals surface area contributed by atoms with Gasteiger partial charge in [-0.2, -0.15) is 0 Å². The molecule has 0 saturated heterocycles. The number of hydrogen-bond acceptors (Lipinski definition) is 3. The van der Waals surface area contributed by atoms with Crippen molar-refractivity contribution in [3.63, 3.8) is 0 Å². The molecule has 26 heavy (non-hydrogen) atoms. The molecule has 1 heterocycles. The number of anilines is 3. The number of benzene rings is 1. The number of aryl methyl sites for hydroxylation is 2. The standard InChI is InChI=1S/C17H20FN3O2S.C2H6/c1-10-4-7-14(13(18)8-10)19-16-15(20-24(23)12-5-6-12)9-11(2)17(22)21(16)3;1-2/h4,7-9,12,19-20H,5-6H2,1-3H3;1-2H3. The van der Waals surface area contributed by atoms with E-state index in [0.29, 0.717) is 17.1 Å². The van der Waals surface area contributed by atoms with Crippen molar-refractivity contribution in [1.29, 1.82) is 0 Å². The first-order chi connectivity index (χ1) is 12.4.